The van der Waals surface area contributed by atoms with E-state index in [1.54, 1.807) is 13.8 Å². The van der Waals surface area contributed by atoms with Gasteiger partial charge in [0.15, 0.2) is 0 Å². The van der Waals surface area contributed by atoms with Crippen molar-refractivity contribution in [1.29, 1.82) is 0 Å². The van der Waals surface area contributed by atoms with Crippen LogP contribution in [0.3, 0.4) is 0 Å². The number of carbonyl (C=O) groups excluding carboxylic acids is 1. The average molecular weight is 419 g/mol. The third kappa shape index (κ3) is 5.04. The monoisotopic (exact) mass is 419 g/mol. The van der Waals surface area contributed by atoms with Gasteiger partial charge >= 0.3 is 6.36 Å². The molecule has 0 saturated carbocycles. The van der Waals surface area contributed by atoms with Crippen LogP contribution in [0.1, 0.15) is 24.3 Å². The molecular formula is C17H20F3N3O4S. The second kappa shape index (κ2) is 8.23. The molecule has 0 aliphatic carbocycles. The fourth-order valence-corrected chi connectivity index (χ4v) is 4.08. The Morgan fingerprint density at radius 3 is 2.25 bits per heavy atom. The van der Waals surface area contributed by atoms with Gasteiger partial charge in [-0.3, -0.25) is 4.79 Å². The summed E-state index contributed by atoms with van der Waals surface area (Å²) < 4.78 is 68.1. The first-order chi connectivity index (χ1) is 13.0. The van der Waals surface area contributed by atoms with Gasteiger partial charge in [0.1, 0.15) is 16.3 Å². The molecule has 0 unspecified atom stereocenters. The fourth-order valence-electron chi connectivity index (χ4n) is 2.55. The van der Waals surface area contributed by atoms with E-state index < -0.39 is 28.0 Å². The number of aromatic nitrogens is 1. The number of rotatable bonds is 7. The van der Waals surface area contributed by atoms with Crippen LogP contribution in [0.15, 0.2) is 41.4 Å². The third-order valence-corrected chi connectivity index (χ3v) is 5.92. The Morgan fingerprint density at radius 2 is 1.75 bits per heavy atom. The smallest absolute Gasteiger partial charge is 0.406 e. The number of hydrogen-bond donors (Lipinski definition) is 1. The van der Waals surface area contributed by atoms with E-state index in [2.05, 4.69) is 10.1 Å². The molecule has 11 heteroatoms. The minimum Gasteiger partial charge on any atom is -0.406 e. The topological polar surface area (TPSA) is 80.6 Å². The van der Waals surface area contributed by atoms with Crippen molar-refractivity contribution in [2.45, 2.75) is 25.1 Å². The number of amides is 1. The van der Waals surface area contributed by atoms with Crippen molar-refractivity contribution in [3.63, 3.8) is 0 Å². The highest BCUT2D eigenvalue weighted by atomic mass is 32.2. The van der Waals surface area contributed by atoms with E-state index in [0.717, 1.165) is 12.1 Å². The lowest BCUT2D eigenvalue weighted by Crippen LogP contribution is -2.30. The van der Waals surface area contributed by atoms with Gasteiger partial charge in [0.05, 0.1) is 0 Å². The predicted octanol–water partition coefficient (Wildman–Crippen LogP) is 3.21. The fraction of sp³-hybridized carbons (Fsp3) is 0.353. The van der Waals surface area contributed by atoms with Crippen molar-refractivity contribution in [2.75, 3.05) is 18.4 Å². The van der Waals surface area contributed by atoms with Gasteiger partial charge in [0.2, 0.25) is 10.0 Å². The zero-order valence-electron chi connectivity index (χ0n) is 15.4. The Kier molecular flexibility index (Phi) is 6.40. The van der Waals surface area contributed by atoms with Crippen molar-refractivity contribution in [3.05, 3.63) is 42.2 Å². The Hall–Kier alpha value is -2.53. The van der Waals surface area contributed by atoms with Gasteiger partial charge in [-0.15, -0.1) is 13.2 Å². The molecule has 28 heavy (non-hydrogen) atoms. The van der Waals surface area contributed by atoms with Crippen LogP contribution in [-0.4, -0.2) is 42.6 Å². The molecule has 1 amide bonds. The Morgan fingerprint density at radius 1 is 1.18 bits per heavy atom. The predicted molar refractivity (Wildman–Crippen MR) is 96.6 cm³/mol. The largest absolute Gasteiger partial charge is 0.573 e. The number of ether oxygens (including phenoxy) is 1. The maximum Gasteiger partial charge on any atom is 0.573 e. The number of carbonyl (C=O) groups is 1. The highest BCUT2D eigenvalue weighted by Gasteiger charge is 2.31. The minimum absolute atomic E-state index is 0.0159. The average Bonchev–Trinajstić information content (AvgIpc) is 2.99. The normalized spacial score (nSPS) is 12.2. The number of nitrogens with one attached hydrogen (secondary N) is 1. The molecule has 0 radical (unpaired) electrons. The first-order valence-electron chi connectivity index (χ1n) is 8.31. The summed E-state index contributed by atoms with van der Waals surface area (Å²) in [6.45, 7) is 4.01. The van der Waals surface area contributed by atoms with Crippen LogP contribution in [-0.2, 0) is 17.1 Å². The van der Waals surface area contributed by atoms with E-state index in [-0.39, 0.29) is 16.3 Å². The lowest BCUT2D eigenvalue weighted by molar-refractivity contribution is -0.274. The number of nitrogens with zero attached hydrogens (tertiary/aromatic N) is 2. The second-order valence-corrected chi connectivity index (χ2v) is 7.73. The van der Waals surface area contributed by atoms with Crippen molar-refractivity contribution < 1.29 is 31.1 Å². The Bertz CT molecular complexity index is 934. The SMILES string of the molecule is CCN(CC)S(=O)(=O)c1cc(C(=O)Nc2ccc(OC(F)(F)F)cc2)n(C)c1. The van der Waals surface area contributed by atoms with Crippen molar-refractivity contribution in [1.82, 2.24) is 8.87 Å². The van der Waals surface area contributed by atoms with Gasteiger partial charge < -0.3 is 14.6 Å². The van der Waals surface area contributed by atoms with Crippen LogP contribution < -0.4 is 10.1 Å². The number of aryl methyl sites for hydroxylation is 1. The van der Waals surface area contributed by atoms with E-state index in [1.165, 1.54) is 40.3 Å². The summed E-state index contributed by atoms with van der Waals surface area (Å²) in [5.41, 5.74) is 0.315. The van der Waals surface area contributed by atoms with Crippen LogP contribution >= 0.6 is 0 Å². The quantitative estimate of drug-likeness (QED) is 0.747. The summed E-state index contributed by atoms with van der Waals surface area (Å²) in [6.07, 6.45) is -3.47. The first-order valence-corrected chi connectivity index (χ1v) is 9.75. The molecule has 1 aromatic heterocycles. The van der Waals surface area contributed by atoms with Gasteiger partial charge in [0, 0.05) is 32.0 Å². The van der Waals surface area contributed by atoms with Gasteiger partial charge in [-0.1, -0.05) is 13.8 Å². The zero-order valence-corrected chi connectivity index (χ0v) is 16.3. The van der Waals surface area contributed by atoms with Gasteiger partial charge in [-0.25, -0.2) is 8.42 Å². The third-order valence-electron chi connectivity index (χ3n) is 3.90. The van der Waals surface area contributed by atoms with Crippen LogP contribution in [0.25, 0.3) is 0 Å². The van der Waals surface area contributed by atoms with Gasteiger partial charge in [-0.2, -0.15) is 4.31 Å². The number of anilines is 1. The molecule has 0 aliphatic rings. The van der Waals surface area contributed by atoms with Crippen molar-refractivity contribution in [3.8, 4) is 5.75 Å². The molecular weight excluding hydrogens is 399 g/mol. The number of hydrogen-bond acceptors (Lipinski definition) is 4. The van der Waals surface area contributed by atoms with E-state index in [9.17, 15) is 26.4 Å². The maximum atomic E-state index is 12.6. The molecule has 7 nitrogen and oxygen atoms in total. The molecule has 154 valence electrons. The van der Waals surface area contributed by atoms with E-state index in [1.807, 2.05) is 0 Å². The minimum atomic E-state index is -4.81. The second-order valence-electron chi connectivity index (χ2n) is 5.79. The van der Waals surface area contributed by atoms with Gasteiger partial charge in [0.25, 0.3) is 5.91 Å². The highest BCUT2D eigenvalue weighted by Crippen LogP contribution is 2.24. The Balaban J connectivity index is 2.18. The lowest BCUT2D eigenvalue weighted by Gasteiger charge is -2.17. The maximum absolute atomic E-state index is 12.6. The van der Waals surface area contributed by atoms with Crippen LogP contribution in [0.4, 0.5) is 18.9 Å². The molecule has 1 N–H and O–H groups in total. The number of halogens is 3. The summed E-state index contributed by atoms with van der Waals surface area (Å²) in [4.78, 5) is 12.4. The van der Waals surface area contributed by atoms with Crippen LogP contribution in [0.5, 0.6) is 5.75 Å². The molecule has 2 rings (SSSR count). The zero-order chi connectivity index (χ0) is 21.1. The Labute approximate surface area is 160 Å². The van der Waals surface area contributed by atoms with Crippen molar-refractivity contribution >= 4 is 21.6 Å². The summed E-state index contributed by atoms with van der Waals surface area (Å²) in [7, 11) is -2.20. The van der Waals surface area contributed by atoms with E-state index in [4.69, 9.17) is 0 Å². The van der Waals surface area contributed by atoms with Crippen LogP contribution in [0.2, 0.25) is 0 Å². The molecule has 0 aliphatic heterocycles. The number of benzene rings is 1. The summed E-state index contributed by atoms with van der Waals surface area (Å²) >= 11 is 0. The summed E-state index contributed by atoms with van der Waals surface area (Å²) in [6, 6.07) is 5.86. The molecule has 0 bridgehead atoms. The summed E-state index contributed by atoms with van der Waals surface area (Å²) in [5.74, 6) is -1.02. The number of sulfonamides is 1. The summed E-state index contributed by atoms with van der Waals surface area (Å²) in [5, 5.41) is 2.51. The van der Waals surface area contributed by atoms with Crippen LogP contribution in [0, 0.1) is 0 Å². The number of alkyl halides is 3. The highest BCUT2D eigenvalue weighted by molar-refractivity contribution is 7.89. The molecule has 1 heterocycles. The molecule has 1 aromatic carbocycles. The molecule has 0 saturated heterocycles. The molecule has 0 atom stereocenters. The molecule has 0 spiro atoms. The van der Waals surface area contributed by atoms with E-state index in [0.29, 0.717) is 13.1 Å². The van der Waals surface area contributed by atoms with Gasteiger partial charge in [-0.05, 0) is 30.3 Å². The lowest BCUT2D eigenvalue weighted by atomic mass is 10.3. The molecule has 0 fully saturated rings. The van der Waals surface area contributed by atoms with E-state index >= 15 is 0 Å². The first kappa shape index (κ1) is 21.8. The molecule has 2 aromatic rings. The van der Waals surface area contributed by atoms with Crippen molar-refractivity contribution in [2.24, 2.45) is 7.05 Å². The standard InChI is InChI=1S/C17H20F3N3O4S/c1-4-23(5-2)28(25,26)14-10-15(22(3)11-14)16(24)21-12-6-8-13(9-7-12)27-17(18,19)20/h6-11H,4-5H2,1-3H3,(H,21,24).